The molecule has 0 N–H and O–H groups in total. The van der Waals surface area contributed by atoms with Crippen molar-refractivity contribution in [3.05, 3.63) is 0 Å². The summed E-state index contributed by atoms with van der Waals surface area (Å²) in [7, 11) is 1.44. The van der Waals surface area contributed by atoms with E-state index in [1.807, 2.05) is 0 Å². The van der Waals surface area contributed by atoms with Crippen molar-refractivity contribution >= 4 is 41.2 Å². The Bertz CT molecular complexity index is 179. The molecule has 0 aliphatic rings. The molecule has 0 saturated carbocycles. The number of methoxy groups -OCH3 is 1. The standard InChI is InChI=1S/C8H17I2NO2S/c1-4-10(6-14)11(5-2)7(9)8(12)13-3/h7,14H,4-6H2,1-3H3/q-1. The normalized spacial score (nSPS) is 14.0. The molecule has 0 aromatic rings. The van der Waals surface area contributed by atoms with E-state index in [1.165, 1.54) is 7.11 Å². The molecule has 0 aliphatic heterocycles. The summed E-state index contributed by atoms with van der Waals surface area (Å²) in [6, 6.07) is 0. The molecule has 0 fully saturated rings. The predicted molar refractivity (Wildman–Crippen MR) is 66.6 cm³/mol. The molecule has 0 saturated heterocycles. The van der Waals surface area contributed by atoms with Crippen LogP contribution >= 0.6 is 35.2 Å². The number of likely N-dealkylation sites (N-methyl/N-ethyl adjacent to an activating group) is 1. The van der Waals surface area contributed by atoms with Gasteiger partial charge in [-0.15, -0.1) is 0 Å². The first-order valence-electron chi connectivity index (χ1n) is 4.33. The SMILES string of the molecule is CCN(C(I)C(=O)OC)[I-](CC)CS. The minimum absolute atomic E-state index is 0.139. The van der Waals surface area contributed by atoms with E-state index in [9.17, 15) is 4.79 Å². The van der Waals surface area contributed by atoms with E-state index in [0.717, 1.165) is 14.7 Å². The average molecular weight is 445 g/mol. The van der Waals surface area contributed by atoms with Crippen molar-refractivity contribution in [2.24, 2.45) is 0 Å². The van der Waals surface area contributed by atoms with Crippen molar-refractivity contribution in [1.82, 2.24) is 3.11 Å². The molecule has 1 unspecified atom stereocenters. The number of esters is 1. The summed E-state index contributed by atoms with van der Waals surface area (Å²) >= 11 is 5.28. The van der Waals surface area contributed by atoms with Gasteiger partial charge in [0.15, 0.2) is 0 Å². The molecule has 3 nitrogen and oxygen atoms in total. The zero-order valence-electron chi connectivity index (χ0n) is 8.67. The van der Waals surface area contributed by atoms with Gasteiger partial charge < -0.3 is 0 Å². The van der Waals surface area contributed by atoms with Crippen LogP contribution in [0, 0.1) is 0 Å². The number of carbonyl (C=O) groups is 1. The van der Waals surface area contributed by atoms with Crippen molar-refractivity contribution in [3.63, 3.8) is 0 Å². The predicted octanol–water partition coefficient (Wildman–Crippen LogP) is -1.31. The van der Waals surface area contributed by atoms with Gasteiger partial charge >= 0.3 is 114 Å². The van der Waals surface area contributed by atoms with E-state index >= 15 is 0 Å². The van der Waals surface area contributed by atoms with Crippen molar-refractivity contribution in [3.8, 4) is 0 Å². The molecule has 0 spiro atoms. The average Bonchev–Trinajstić information content (AvgIpc) is 2.23. The third kappa shape index (κ3) is 4.40. The number of carbonyl (C=O) groups excluding carboxylic acids is 1. The van der Waals surface area contributed by atoms with Crippen LogP contribution in [-0.2, 0) is 9.53 Å². The van der Waals surface area contributed by atoms with Gasteiger partial charge in [0.05, 0.1) is 0 Å². The maximum atomic E-state index is 11.4. The van der Waals surface area contributed by atoms with Crippen molar-refractivity contribution in [2.45, 2.75) is 17.9 Å². The third-order valence-corrected chi connectivity index (χ3v) is 11.3. The van der Waals surface area contributed by atoms with E-state index in [1.54, 1.807) is 0 Å². The van der Waals surface area contributed by atoms with Crippen molar-refractivity contribution < 1.29 is 29.6 Å². The van der Waals surface area contributed by atoms with E-state index in [2.05, 4.69) is 52.2 Å². The van der Waals surface area contributed by atoms with Gasteiger partial charge in [0.25, 0.3) is 0 Å². The Labute approximate surface area is 113 Å². The second-order valence-corrected chi connectivity index (χ2v) is 11.1. The fourth-order valence-corrected chi connectivity index (χ4v) is 9.30. The number of rotatable bonds is 6. The quantitative estimate of drug-likeness (QED) is 0.138. The van der Waals surface area contributed by atoms with Crippen LogP contribution in [0.15, 0.2) is 0 Å². The van der Waals surface area contributed by atoms with Gasteiger partial charge in [-0.05, 0) is 0 Å². The Morgan fingerprint density at radius 3 is 2.50 bits per heavy atom. The number of halogens is 2. The Morgan fingerprint density at radius 2 is 2.21 bits per heavy atom. The number of hydrogen-bond donors (Lipinski definition) is 1. The first-order chi connectivity index (χ1) is 6.62. The number of nitrogens with zero attached hydrogens (tertiary/aromatic N) is 1. The number of thiol groups is 1. The van der Waals surface area contributed by atoms with Gasteiger partial charge in [0, 0.05) is 0 Å². The van der Waals surface area contributed by atoms with Crippen LogP contribution in [0.4, 0.5) is 0 Å². The third-order valence-electron chi connectivity index (χ3n) is 1.70. The summed E-state index contributed by atoms with van der Waals surface area (Å²) in [5, 5.41) is 0. The fourth-order valence-electron chi connectivity index (χ4n) is 0.969. The van der Waals surface area contributed by atoms with Crippen LogP contribution in [0.2, 0.25) is 0 Å². The summed E-state index contributed by atoms with van der Waals surface area (Å²) in [6.07, 6.45) is 0. The molecule has 6 heteroatoms. The molecule has 0 rings (SSSR count). The molecular weight excluding hydrogens is 428 g/mol. The molecule has 0 aromatic carbocycles. The molecular formula is C8H17I2NO2S-. The monoisotopic (exact) mass is 445 g/mol. The second kappa shape index (κ2) is 8.40. The Balaban J connectivity index is 4.44. The first kappa shape index (κ1) is 15.2. The van der Waals surface area contributed by atoms with Crippen molar-refractivity contribution in [2.75, 3.05) is 21.8 Å². The Morgan fingerprint density at radius 1 is 1.64 bits per heavy atom. The van der Waals surface area contributed by atoms with Gasteiger partial charge in [-0.25, -0.2) is 0 Å². The van der Waals surface area contributed by atoms with Crippen LogP contribution in [-0.4, -0.2) is 35.0 Å². The fraction of sp³-hybridized carbons (Fsp3) is 0.875. The Hall–Kier alpha value is 1.24. The molecule has 87 valence electrons. The molecule has 0 bridgehead atoms. The number of hydrogen-bond acceptors (Lipinski definition) is 4. The summed E-state index contributed by atoms with van der Waals surface area (Å²) in [5.41, 5.74) is 0. The van der Waals surface area contributed by atoms with Gasteiger partial charge in [-0.2, -0.15) is 0 Å². The second-order valence-electron chi connectivity index (χ2n) is 2.39. The van der Waals surface area contributed by atoms with E-state index in [4.69, 9.17) is 4.74 Å². The van der Waals surface area contributed by atoms with E-state index in [-0.39, 0.29) is 10.0 Å². The Kier molecular flexibility index (Phi) is 9.14. The van der Waals surface area contributed by atoms with Gasteiger partial charge in [0.1, 0.15) is 0 Å². The molecule has 1 atom stereocenters. The molecule has 0 aliphatic carbocycles. The van der Waals surface area contributed by atoms with Crippen LogP contribution in [0.1, 0.15) is 13.8 Å². The van der Waals surface area contributed by atoms with Gasteiger partial charge in [-0.3, -0.25) is 0 Å². The summed E-state index contributed by atoms with van der Waals surface area (Å²) < 4.78 is 8.95. The van der Waals surface area contributed by atoms with Gasteiger partial charge in [-0.1, -0.05) is 0 Å². The van der Waals surface area contributed by atoms with E-state index in [0.29, 0.717) is 0 Å². The summed E-state index contributed by atoms with van der Waals surface area (Å²) in [6.45, 7) is 5.16. The zero-order valence-corrected chi connectivity index (χ0v) is 13.9. The number of ether oxygens (including phenoxy) is 1. The van der Waals surface area contributed by atoms with Crippen molar-refractivity contribution in [1.29, 1.82) is 0 Å². The van der Waals surface area contributed by atoms with Crippen LogP contribution in [0.3, 0.4) is 0 Å². The molecule has 0 amide bonds. The maximum absolute atomic E-state index is 11.4. The van der Waals surface area contributed by atoms with Crippen LogP contribution < -0.4 is 20.1 Å². The van der Waals surface area contributed by atoms with Gasteiger partial charge in [0.2, 0.25) is 0 Å². The first-order valence-corrected chi connectivity index (χ1v) is 10.2. The minimum atomic E-state index is -1.22. The number of alkyl halides is 3. The summed E-state index contributed by atoms with van der Waals surface area (Å²) in [4.78, 5) is 11.4. The molecule has 1 radical (unpaired) electrons. The van der Waals surface area contributed by atoms with E-state index < -0.39 is 20.1 Å². The topological polar surface area (TPSA) is 29.5 Å². The molecule has 14 heavy (non-hydrogen) atoms. The molecule has 0 heterocycles. The molecule has 0 aromatic heterocycles. The van der Waals surface area contributed by atoms with Crippen LogP contribution in [0.5, 0.6) is 0 Å². The zero-order chi connectivity index (χ0) is 11.1. The summed E-state index contributed by atoms with van der Waals surface area (Å²) in [5.74, 6) is -0.148. The van der Waals surface area contributed by atoms with Crippen LogP contribution in [0.25, 0.3) is 0 Å².